The summed E-state index contributed by atoms with van der Waals surface area (Å²) in [5.41, 5.74) is 3.49. The number of hydrogen-bond acceptors (Lipinski definition) is 6. The minimum absolute atomic E-state index is 0.0973. The molecule has 2 aromatic carbocycles. The number of aromatic nitrogens is 3. The Balaban J connectivity index is 1.69. The molecule has 1 atom stereocenters. The van der Waals surface area contributed by atoms with Gasteiger partial charge in [-0.05, 0) is 25.1 Å². The number of amides is 1. The number of aromatic hydroxyl groups is 1. The quantitative estimate of drug-likeness (QED) is 0.537. The summed E-state index contributed by atoms with van der Waals surface area (Å²) in [6.45, 7) is 1.93. The minimum atomic E-state index is -0.225. The van der Waals surface area contributed by atoms with Gasteiger partial charge in [0, 0.05) is 29.5 Å². The van der Waals surface area contributed by atoms with Crippen molar-refractivity contribution in [2.45, 2.75) is 19.3 Å². The van der Waals surface area contributed by atoms with E-state index >= 15 is 0 Å². The Kier molecular flexibility index (Phi) is 4.02. The van der Waals surface area contributed by atoms with Gasteiger partial charge in [0.15, 0.2) is 0 Å². The van der Waals surface area contributed by atoms with Crippen LogP contribution < -0.4 is 10.1 Å². The summed E-state index contributed by atoms with van der Waals surface area (Å²) in [7, 11) is 1.56. The zero-order chi connectivity index (χ0) is 20.1. The van der Waals surface area contributed by atoms with Crippen molar-refractivity contribution in [3.05, 3.63) is 59.3 Å². The first-order valence-corrected chi connectivity index (χ1v) is 9.99. The minimum Gasteiger partial charge on any atom is -0.508 e. The average molecular weight is 406 g/mol. The molecule has 2 N–H and O–H groups in total. The molecule has 0 aliphatic carbocycles. The number of phenols is 1. The number of phenolic OH excluding ortho intramolecular Hbond substituents is 1. The lowest BCUT2D eigenvalue weighted by atomic mass is 9.85. The van der Waals surface area contributed by atoms with Crippen LogP contribution in [0.2, 0.25) is 0 Å². The van der Waals surface area contributed by atoms with E-state index in [0.29, 0.717) is 16.7 Å². The highest BCUT2D eigenvalue weighted by Gasteiger charge is 2.34. The summed E-state index contributed by atoms with van der Waals surface area (Å²) >= 11 is 1.52. The number of aryl methyl sites for hydroxylation is 1. The number of para-hydroxylation sites is 1. The summed E-state index contributed by atoms with van der Waals surface area (Å²) in [4.78, 5) is 17.3. The normalized spacial score (nSPS) is 15.9. The van der Waals surface area contributed by atoms with E-state index in [-0.39, 0.29) is 24.0 Å². The molecule has 0 bridgehead atoms. The van der Waals surface area contributed by atoms with Gasteiger partial charge in [0.1, 0.15) is 17.3 Å². The van der Waals surface area contributed by atoms with E-state index in [4.69, 9.17) is 9.84 Å². The molecule has 0 saturated carbocycles. The van der Waals surface area contributed by atoms with Crippen LogP contribution in [0.1, 0.15) is 29.2 Å². The lowest BCUT2D eigenvalue weighted by Gasteiger charge is -2.25. The standard InChI is InChI=1S/C21H18N4O3S/c1-11-19-14(13-8-7-12(26)9-16(13)28-2)10-18(27)23-20(19)25(24-11)21-22-15-5-3-4-6-17(15)29-21/h3-9,14,26H,10H2,1-2H3,(H,23,27)/t14-/m1/s1. The molecule has 2 aromatic heterocycles. The molecule has 7 nitrogen and oxygen atoms in total. The lowest BCUT2D eigenvalue weighted by molar-refractivity contribution is -0.116. The van der Waals surface area contributed by atoms with E-state index < -0.39 is 0 Å². The molecule has 0 saturated heterocycles. The number of fused-ring (bicyclic) bond motifs is 2. The monoisotopic (exact) mass is 406 g/mol. The number of nitrogens with one attached hydrogen (secondary N) is 1. The van der Waals surface area contributed by atoms with E-state index in [1.807, 2.05) is 31.2 Å². The molecule has 3 heterocycles. The number of carbonyl (C=O) groups is 1. The number of carbonyl (C=O) groups excluding carboxylic acids is 1. The van der Waals surface area contributed by atoms with Crippen LogP contribution in [0.4, 0.5) is 5.82 Å². The van der Waals surface area contributed by atoms with E-state index in [2.05, 4.69) is 10.3 Å². The Labute approximate surface area is 170 Å². The average Bonchev–Trinajstić information content (AvgIpc) is 3.28. The van der Waals surface area contributed by atoms with Gasteiger partial charge in [-0.1, -0.05) is 29.5 Å². The second-order valence-electron chi connectivity index (χ2n) is 6.95. The Morgan fingerprint density at radius 3 is 2.90 bits per heavy atom. The highest BCUT2D eigenvalue weighted by Crippen LogP contribution is 2.44. The summed E-state index contributed by atoms with van der Waals surface area (Å²) in [5.74, 6) is 0.978. The van der Waals surface area contributed by atoms with Crippen LogP contribution in [0.25, 0.3) is 15.3 Å². The maximum atomic E-state index is 12.6. The largest absolute Gasteiger partial charge is 0.508 e. The van der Waals surface area contributed by atoms with Crippen molar-refractivity contribution in [2.24, 2.45) is 0 Å². The first-order valence-electron chi connectivity index (χ1n) is 9.17. The fourth-order valence-electron chi connectivity index (χ4n) is 3.89. The first-order chi connectivity index (χ1) is 14.0. The maximum absolute atomic E-state index is 12.6. The zero-order valence-corrected chi connectivity index (χ0v) is 16.7. The molecule has 0 radical (unpaired) electrons. The van der Waals surface area contributed by atoms with Gasteiger partial charge >= 0.3 is 0 Å². The number of benzene rings is 2. The van der Waals surface area contributed by atoms with Gasteiger partial charge in [0.05, 0.1) is 23.0 Å². The fraction of sp³-hybridized carbons (Fsp3) is 0.190. The van der Waals surface area contributed by atoms with E-state index in [1.165, 1.54) is 11.3 Å². The van der Waals surface area contributed by atoms with Crippen molar-refractivity contribution in [3.63, 3.8) is 0 Å². The lowest BCUT2D eigenvalue weighted by Crippen LogP contribution is -2.25. The van der Waals surface area contributed by atoms with Gasteiger partial charge in [-0.15, -0.1) is 0 Å². The second kappa shape index (κ2) is 6.59. The summed E-state index contributed by atoms with van der Waals surface area (Å²) < 4.78 is 8.24. The Morgan fingerprint density at radius 2 is 2.10 bits per heavy atom. The van der Waals surface area contributed by atoms with Crippen LogP contribution in [0, 0.1) is 6.92 Å². The molecular weight excluding hydrogens is 388 g/mol. The SMILES string of the molecule is COc1cc(O)ccc1[C@H]1CC(=O)Nc2c1c(C)nn2-c1nc2ccccc2s1. The van der Waals surface area contributed by atoms with Crippen molar-refractivity contribution < 1.29 is 14.6 Å². The van der Waals surface area contributed by atoms with Crippen molar-refractivity contribution >= 4 is 33.3 Å². The Morgan fingerprint density at radius 1 is 1.28 bits per heavy atom. The van der Waals surface area contributed by atoms with Crippen molar-refractivity contribution in [1.82, 2.24) is 14.8 Å². The van der Waals surface area contributed by atoms with E-state index in [0.717, 1.165) is 27.0 Å². The van der Waals surface area contributed by atoms with Gasteiger partial charge in [-0.2, -0.15) is 9.78 Å². The molecule has 0 unspecified atom stereocenters. The van der Waals surface area contributed by atoms with Gasteiger partial charge in [-0.25, -0.2) is 4.98 Å². The van der Waals surface area contributed by atoms with E-state index in [9.17, 15) is 9.90 Å². The first kappa shape index (κ1) is 17.7. The van der Waals surface area contributed by atoms with Crippen LogP contribution in [0.5, 0.6) is 11.5 Å². The number of ether oxygens (including phenoxy) is 1. The highest BCUT2D eigenvalue weighted by atomic mass is 32.1. The van der Waals surface area contributed by atoms with Crippen molar-refractivity contribution in [2.75, 3.05) is 12.4 Å². The predicted octanol–water partition coefficient (Wildman–Crippen LogP) is 3.98. The highest BCUT2D eigenvalue weighted by molar-refractivity contribution is 7.20. The predicted molar refractivity (Wildman–Crippen MR) is 111 cm³/mol. The second-order valence-corrected chi connectivity index (χ2v) is 7.96. The van der Waals surface area contributed by atoms with Crippen LogP contribution in [0.3, 0.4) is 0 Å². The van der Waals surface area contributed by atoms with Crippen LogP contribution in [0.15, 0.2) is 42.5 Å². The summed E-state index contributed by atoms with van der Waals surface area (Å²) in [5, 5.41) is 18.2. The number of rotatable bonds is 3. The number of anilines is 1. The Bertz CT molecular complexity index is 1230. The third kappa shape index (κ3) is 2.84. The smallest absolute Gasteiger partial charge is 0.226 e. The fourth-order valence-corrected chi connectivity index (χ4v) is 4.81. The summed E-state index contributed by atoms with van der Waals surface area (Å²) in [6, 6.07) is 12.9. The number of hydrogen-bond donors (Lipinski definition) is 2. The van der Waals surface area contributed by atoms with E-state index in [1.54, 1.807) is 30.0 Å². The molecule has 146 valence electrons. The molecule has 1 aliphatic heterocycles. The number of methoxy groups -OCH3 is 1. The maximum Gasteiger partial charge on any atom is 0.226 e. The molecular formula is C21H18N4O3S. The van der Waals surface area contributed by atoms with Gasteiger partial charge in [0.25, 0.3) is 0 Å². The Hall–Kier alpha value is -3.39. The number of thiazole rings is 1. The van der Waals surface area contributed by atoms with Crippen LogP contribution in [-0.4, -0.2) is 32.9 Å². The van der Waals surface area contributed by atoms with Gasteiger partial charge in [-0.3, -0.25) is 4.79 Å². The molecule has 0 spiro atoms. The molecule has 5 rings (SSSR count). The molecule has 29 heavy (non-hydrogen) atoms. The summed E-state index contributed by atoms with van der Waals surface area (Å²) in [6.07, 6.45) is 0.278. The number of nitrogens with zero attached hydrogens (tertiary/aromatic N) is 3. The topological polar surface area (TPSA) is 89.3 Å². The molecule has 1 aliphatic rings. The third-order valence-corrected chi connectivity index (χ3v) is 6.17. The van der Waals surface area contributed by atoms with Gasteiger partial charge in [0.2, 0.25) is 11.0 Å². The van der Waals surface area contributed by atoms with Crippen molar-refractivity contribution in [1.29, 1.82) is 0 Å². The van der Waals surface area contributed by atoms with Crippen molar-refractivity contribution in [3.8, 4) is 16.6 Å². The molecule has 0 fully saturated rings. The molecule has 8 heteroatoms. The zero-order valence-electron chi connectivity index (χ0n) is 15.8. The van der Waals surface area contributed by atoms with Crippen LogP contribution >= 0.6 is 11.3 Å². The van der Waals surface area contributed by atoms with Crippen LogP contribution in [-0.2, 0) is 4.79 Å². The molecule has 4 aromatic rings. The van der Waals surface area contributed by atoms with Gasteiger partial charge < -0.3 is 15.2 Å². The molecule has 1 amide bonds. The third-order valence-electron chi connectivity index (χ3n) is 5.16.